The van der Waals surface area contributed by atoms with Gasteiger partial charge in [-0.2, -0.15) is 0 Å². The van der Waals surface area contributed by atoms with Gasteiger partial charge in [0.05, 0.1) is 18.3 Å². The summed E-state index contributed by atoms with van der Waals surface area (Å²) in [6.45, 7) is 6.63. The number of ketones is 1. The van der Waals surface area contributed by atoms with Crippen molar-refractivity contribution in [2.45, 2.75) is 38.8 Å². The van der Waals surface area contributed by atoms with Crippen LogP contribution in [0.25, 0.3) is 0 Å². The number of hydrogen-bond acceptors (Lipinski definition) is 5. The number of anilines is 1. The van der Waals surface area contributed by atoms with Gasteiger partial charge in [-0.15, -0.1) is 0 Å². The van der Waals surface area contributed by atoms with Crippen molar-refractivity contribution in [2.75, 3.05) is 39.5 Å². The van der Waals surface area contributed by atoms with E-state index >= 15 is 0 Å². The van der Waals surface area contributed by atoms with Gasteiger partial charge in [0.1, 0.15) is 5.75 Å². The zero-order valence-electron chi connectivity index (χ0n) is 14.7. The Morgan fingerprint density at radius 3 is 2.65 bits per heavy atom. The minimum Gasteiger partial charge on any atom is -0.492 e. The third kappa shape index (κ3) is 4.24. The smallest absolute Gasteiger partial charge is 0.179 e. The zero-order chi connectivity index (χ0) is 17.0. The van der Waals surface area contributed by atoms with Crippen molar-refractivity contribution in [3.05, 3.63) is 23.8 Å². The molecule has 0 saturated carbocycles. The maximum absolute atomic E-state index is 12.8. The Morgan fingerprint density at radius 1 is 1.43 bits per heavy atom. The monoisotopic (exact) mass is 319 g/mol. The standard InChI is InChI=1S/C18H29N3O2/c1-5-23-17-7-6-14(12-16(17)19)18(22)13(2)21(4)15-8-10-20(3)11-9-15/h6-7,12-13,15H,5,8-11,19H2,1-4H3. The van der Waals surface area contributed by atoms with Crippen LogP contribution < -0.4 is 10.5 Å². The van der Waals surface area contributed by atoms with Crippen LogP contribution in [-0.4, -0.2) is 61.5 Å². The summed E-state index contributed by atoms with van der Waals surface area (Å²) in [6, 6.07) is 5.63. The number of likely N-dealkylation sites (tertiary alicyclic amines) is 1. The molecule has 1 heterocycles. The Balaban J connectivity index is 2.05. The summed E-state index contributed by atoms with van der Waals surface area (Å²) < 4.78 is 5.43. The molecular weight excluding hydrogens is 290 g/mol. The number of ether oxygens (including phenoxy) is 1. The van der Waals surface area contributed by atoms with Crippen molar-refractivity contribution >= 4 is 11.5 Å². The molecule has 5 heteroatoms. The lowest BCUT2D eigenvalue weighted by Crippen LogP contribution is -2.47. The molecular formula is C18H29N3O2. The number of nitrogens with two attached hydrogens (primary N) is 1. The van der Waals surface area contributed by atoms with Crippen LogP contribution >= 0.6 is 0 Å². The highest BCUT2D eigenvalue weighted by Gasteiger charge is 2.28. The summed E-state index contributed by atoms with van der Waals surface area (Å²) in [5.74, 6) is 0.751. The second kappa shape index (κ2) is 7.79. The number of carbonyl (C=O) groups excluding carboxylic acids is 1. The number of likely N-dealkylation sites (N-methyl/N-ethyl adjacent to an activating group) is 1. The fraction of sp³-hybridized carbons (Fsp3) is 0.611. The van der Waals surface area contributed by atoms with Crippen LogP contribution in [0.3, 0.4) is 0 Å². The Kier molecular flexibility index (Phi) is 6.02. The quantitative estimate of drug-likeness (QED) is 0.644. The predicted octanol–water partition coefficient (Wildman–Crippen LogP) is 2.26. The average Bonchev–Trinajstić information content (AvgIpc) is 2.55. The van der Waals surface area contributed by atoms with Crippen LogP contribution in [0.2, 0.25) is 0 Å². The van der Waals surface area contributed by atoms with Crippen LogP contribution in [0.15, 0.2) is 18.2 Å². The number of nitrogen functional groups attached to an aromatic ring is 1. The van der Waals surface area contributed by atoms with Gasteiger partial charge in [0.25, 0.3) is 0 Å². The van der Waals surface area contributed by atoms with Crippen molar-refractivity contribution < 1.29 is 9.53 Å². The topological polar surface area (TPSA) is 58.8 Å². The van der Waals surface area contributed by atoms with Gasteiger partial charge in [0.2, 0.25) is 0 Å². The summed E-state index contributed by atoms with van der Waals surface area (Å²) in [7, 11) is 4.20. The van der Waals surface area contributed by atoms with E-state index in [2.05, 4.69) is 23.9 Å². The van der Waals surface area contributed by atoms with Crippen LogP contribution in [0.4, 0.5) is 5.69 Å². The number of benzene rings is 1. The van der Waals surface area contributed by atoms with E-state index in [9.17, 15) is 4.79 Å². The lowest BCUT2D eigenvalue weighted by atomic mass is 9.98. The van der Waals surface area contributed by atoms with E-state index in [0.717, 1.165) is 25.9 Å². The van der Waals surface area contributed by atoms with E-state index in [4.69, 9.17) is 10.5 Å². The van der Waals surface area contributed by atoms with Gasteiger partial charge in [-0.1, -0.05) is 0 Å². The Hall–Kier alpha value is -1.59. The first kappa shape index (κ1) is 17.8. The molecule has 2 rings (SSSR count). The summed E-state index contributed by atoms with van der Waals surface area (Å²) in [5.41, 5.74) is 7.15. The van der Waals surface area contributed by atoms with Crippen molar-refractivity contribution in [3.8, 4) is 5.75 Å². The highest BCUT2D eigenvalue weighted by molar-refractivity contribution is 6.00. The van der Waals surface area contributed by atoms with Crippen LogP contribution in [0, 0.1) is 0 Å². The number of nitrogens with zero attached hydrogens (tertiary/aromatic N) is 2. The fourth-order valence-electron chi connectivity index (χ4n) is 3.13. The van der Waals surface area contributed by atoms with Crippen LogP contribution in [-0.2, 0) is 0 Å². The number of hydrogen-bond donors (Lipinski definition) is 1. The predicted molar refractivity (Wildman–Crippen MR) is 94.1 cm³/mol. The molecule has 23 heavy (non-hydrogen) atoms. The first-order chi connectivity index (χ1) is 10.9. The van der Waals surface area contributed by atoms with Gasteiger partial charge in [-0.3, -0.25) is 9.69 Å². The lowest BCUT2D eigenvalue weighted by Gasteiger charge is -2.37. The van der Waals surface area contributed by atoms with Gasteiger partial charge < -0.3 is 15.4 Å². The van der Waals surface area contributed by atoms with Crippen molar-refractivity contribution in [3.63, 3.8) is 0 Å². The number of Topliss-reactive ketones (excluding diaryl/α,β-unsaturated/α-hetero) is 1. The second-order valence-electron chi connectivity index (χ2n) is 6.43. The van der Waals surface area contributed by atoms with Gasteiger partial charge >= 0.3 is 0 Å². The molecule has 2 N–H and O–H groups in total. The summed E-state index contributed by atoms with van der Waals surface area (Å²) in [5, 5.41) is 0. The molecule has 5 nitrogen and oxygen atoms in total. The molecule has 1 saturated heterocycles. The van der Waals surface area contributed by atoms with E-state index < -0.39 is 0 Å². The molecule has 1 fully saturated rings. The molecule has 0 aromatic heterocycles. The van der Waals surface area contributed by atoms with E-state index in [0.29, 0.717) is 29.6 Å². The van der Waals surface area contributed by atoms with Gasteiger partial charge in [0.15, 0.2) is 5.78 Å². The first-order valence-corrected chi connectivity index (χ1v) is 8.41. The zero-order valence-corrected chi connectivity index (χ0v) is 14.7. The molecule has 1 aliphatic rings. The normalized spacial score (nSPS) is 18.1. The lowest BCUT2D eigenvalue weighted by molar-refractivity contribution is 0.0731. The van der Waals surface area contributed by atoms with Crippen LogP contribution in [0.1, 0.15) is 37.0 Å². The largest absolute Gasteiger partial charge is 0.492 e. The summed E-state index contributed by atoms with van der Waals surface area (Å²) in [6.07, 6.45) is 2.21. The van der Waals surface area contributed by atoms with Crippen molar-refractivity contribution in [1.29, 1.82) is 0 Å². The second-order valence-corrected chi connectivity index (χ2v) is 6.43. The van der Waals surface area contributed by atoms with Crippen molar-refractivity contribution in [1.82, 2.24) is 9.80 Å². The maximum atomic E-state index is 12.8. The number of carbonyl (C=O) groups is 1. The third-order valence-electron chi connectivity index (χ3n) is 4.85. The van der Waals surface area contributed by atoms with E-state index in [1.54, 1.807) is 12.1 Å². The molecule has 0 aliphatic carbocycles. The fourth-order valence-corrected chi connectivity index (χ4v) is 3.13. The van der Waals surface area contributed by atoms with Gasteiger partial charge in [-0.05, 0) is 72.1 Å². The van der Waals surface area contributed by atoms with Crippen LogP contribution in [0.5, 0.6) is 5.75 Å². The molecule has 128 valence electrons. The summed E-state index contributed by atoms with van der Waals surface area (Å²) in [4.78, 5) is 17.3. The first-order valence-electron chi connectivity index (χ1n) is 8.41. The number of rotatable bonds is 6. The third-order valence-corrected chi connectivity index (χ3v) is 4.85. The molecule has 0 radical (unpaired) electrons. The molecule has 0 spiro atoms. The Morgan fingerprint density at radius 2 is 2.09 bits per heavy atom. The Bertz CT molecular complexity index is 539. The summed E-state index contributed by atoms with van der Waals surface area (Å²) >= 11 is 0. The molecule has 1 unspecified atom stereocenters. The molecule has 0 bridgehead atoms. The molecule has 1 aliphatic heterocycles. The number of piperidine rings is 1. The van der Waals surface area contributed by atoms with Gasteiger partial charge in [-0.25, -0.2) is 0 Å². The highest BCUT2D eigenvalue weighted by atomic mass is 16.5. The minimum absolute atomic E-state index is 0.112. The molecule has 0 amide bonds. The average molecular weight is 319 g/mol. The van der Waals surface area contributed by atoms with E-state index in [1.165, 1.54) is 0 Å². The van der Waals surface area contributed by atoms with Crippen molar-refractivity contribution in [2.24, 2.45) is 0 Å². The maximum Gasteiger partial charge on any atom is 0.179 e. The molecule has 1 atom stereocenters. The molecule has 1 aromatic carbocycles. The Labute approximate surface area is 139 Å². The molecule has 1 aromatic rings. The highest BCUT2D eigenvalue weighted by Crippen LogP contribution is 2.24. The SMILES string of the molecule is CCOc1ccc(C(=O)C(C)N(C)C2CCN(C)CC2)cc1N. The van der Waals surface area contributed by atoms with Gasteiger partial charge in [0, 0.05) is 11.6 Å². The minimum atomic E-state index is -0.152. The van der Waals surface area contributed by atoms with E-state index in [1.807, 2.05) is 19.9 Å². The van der Waals surface area contributed by atoms with E-state index in [-0.39, 0.29) is 11.8 Å².